The van der Waals surface area contributed by atoms with Crippen molar-refractivity contribution in [2.75, 3.05) is 0 Å². The van der Waals surface area contributed by atoms with Crippen LogP contribution in [-0.4, -0.2) is 0 Å². The first-order chi connectivity index (χ1) is 5.86. The van der Waals surface area contributed by atoms with Crippen molar-refractivity contribution in [3.05, 3.63) is 12.2 Å². The lowest BCUT2D eigenvalue weighted by atomic mass is 9.79. The predicted molar refractivity (Wildman–Crippen MR) is 55.2 cm³/mol. The van der Waals surface area contributed by atoms with E-state index in [0.717, 1.165) is 11.8 Å². The van der Waals surface area contributed by atoms with Crippen LogP contribution in [0.4, 0.5) is 0 Å². The van der Waals surface area contributed by atoms with Crippen LogP contribution in [0.1, 0.15) is 52.4 Å². The van der Waals surface area contributed by atoms with Crippen LogP contribution in [0.3, 0.4) is 0 Å². The first kappa shape index (κ1) is 9.83. The van der Waals surface area contributed by atoms with Crippen LogP contribution in [0.2, 0.25) is 0 Å². The Labute approximate surface area is 77.1 Å². The van der Waals surface area contributed by atoms with Crippen molar-refractivity contribution in [2.45, 2.75) is 52.4 Å². The summed E-state index contributed by atoms with van der Waals surface area (Å²) in [6, 6.07) is 0. The SMILES string of the molecule is C/C=C\CC1CCC(CC)CC1. The standard InChI is InChI=1S/C12H22/c1-3-5-6-12-9-7-11(4-2)8-10-12/h3,5,11-12H,4,6-10H2,1-2H3/b5-3-. The van der Waals surface area contributed by atoms with Crippen molar-refractivity contribution >= 4 is 0 Å². The van der Waals surface area contributed by atoms with Crippen molar-refractivity contribution in [2.24, 2.45) is 11.8 Å². The van der Waals surface area contributed by atoms with Crippen molar-refractivity contribution in [1.82, 2.24) is 0 Å². The quantitative estimate of drug-likeness (QED) is 0.552. The Kier molecular flexibility index (Phi) is 4.42. The molecule has 0 saturated heterocycles. The molecule has 0 amide bonds. The second kappa shape index (κ2) is 5.40. The molecule has 1 rings (SSSR count). The Balaban J connectivity index is 2.17. The van der Waals surface area contributed by atoms with Gasteiger partial charge in [0.2, 0.25) is 0 Å². The Bertz CT molecular complexity index is 127. The molecule has 12 heavy (non-hydrogen) atoms. The number of hydrogen-bond acceptors (Lipinski definition) is 0. The van der Waals surface area contributed by atoms with Crippen LogP contribution < -0.4 is 0 Å². The molecular formula is C12H22. The van der Waals surface area contributed by atoms with Gasteiger partial charge in [0.05, 0.1) is 0 Å². The van der Waals surface area contributed by atoms with Gasteiger partial charge in [0.25, 0.3) is 0 Å². The van der Waals surface area contributed by atoms with E-state index in [4.69, 9.17) is 0 Å². The fourth-order valence-corrected chi connectivity index (χ4v) is 2.20. The molecule has 0 unspecified atom stereocenters. The van der Waals surface area contributed by atoms with E-state index in [9.17, 15) is 0 Å². The highest BCUT2D eigenvalue weighted by molar-refractivity contribution is 4.82. The summed E-state index contributed by atoms with van der Waals surface area (Å²) in [7, 11) is 0. The summed E-state index contributed by atoms with van der Waals surface area (Å²) < 4.78 is 0. The van der Waals surface area contributed by atoms with Gasteiger partial charge in [-0.25, -0.2) is 0 Å². The normalized spacial score (nSPS) is 31.2. The monoisotopic (exact) mass is 166 g/mol. The minimum atomic E-state index is 1.00. The molecule has 0 aromatic rings. The van der Waals surface area contributed by atoms with Crippen LogP contribution >= 0.6 is 0 Å². The highest BCUT2D eigenvalue weighted by atomic mass is 14.2. The summed E-state index contributed by atoms with van der Waals surface area (Å²) in [6.45, 7) is 4.45. The zero-order chi connectivity index (χ0) is 8.81. The van der Waals surface area contributed by atoms with Gasteiger partial charge in [0, 0.05) is 0 Å². The van der Waals surface area contributed by atoms with Gasteiger partial charge < -0.3 is 0 Å². The van der Waals surface area contributed by atoms with E-state index < -0.39 is 0 Å². The molecule has 0 bridgehead atoms. The lowest BCUT2D eigenvalue weighted by Gasteiger charge is -2.26. The average Bonchev–Trinajstić information content (AvgIpc) is 2.15. The number of hydrogen-bond donors (Lipinski definition) is 0. The molecular weight excluding hydrogens is 144 g/mol. The van der Waals surface area contributed by atoms with E-state index in [1.54, 1.807) is 0 Å². The van der Waals surface area contributed by atoms with E-state index in [2.05, 4.69) is 26.0 Å². The molecule has 0 radical (unpaired) electrons. The summed E-state index contributed by atoms with van der Waals surface area (Å²) in [5.41, 5.74) is 0. The molecule has 0 aliphatic heterocycles. The maximum absolute atomic E-state index is 2.33. The first-order valence-electron chi connectivity index (χ1n) is 5.48. The van der Waals surface area contributed by atoms with Gasteiger partial charge in [-0.3, -0.25) is 0 Å². The van der Waals surface area contributed by atoms with Crippen LogP contribution in [-0.2, 0) is 0 Å². The molecule has 1 saturated carbocycles. The molecule has 70 valence electrons. The van der Waals surface area contributed by atoms with Gasteiger partial charge in [-0.15, -0.1) is 0 Å². The Morgan fingerprint density at radius 1 is 1.08 bits per heavy atom. The maximum atomic E-state index is 2.33. The molecule has 0 spiro atoms. The van der Waals surface area contributed by atoms with Crippen LogP contribution in [0.25, 0.3) is 0 Å². The smallest absolute Gasteiger partial charge is 0.0322 e. The number of allylic oxidation sites excluding steroid dienone is 2. The highest BCUT2D eigenvalue weighted by Crippen LogP contribution is 2.32. The fraction of sp³-hybridized carbons (Fsp3) is 0.833. The molecule has 1 fully saturated rings. The maximum Gasteiger partial charge on any atom is -0.0322 e. The second-order valence-corrected chi connectivity index (χ2v) is 4.10. The van der Waals surface area contributed by atoms with Gasteiger partial charge >= 0.3 is 0 Å². The predicted octanol–water partition coefficient (Wildman–Crippen LogP) is 4.17. The molecule has 0 aromatic carbocycles. The highest BCUT2D eigenvalue weighted by Gasteiger charge is 2.18. The molecule has 0 atom stereocenters. The minimum absolute atomic E-state index is 1.00. The zero-order valence-corrected chi connectivity index (χ0v) is 8.55. The summed E-state index contributed by atoms with van der Waals surface area (Å²) >= 11 is 0. The molecule has 1 aliphatic rings. The minimum Gasteiger partial charge on any atom is -0.0917 e. The zero-order valence-electron chi connectivity index (χ0n) is 8.55. The van der Waals surface area contributed by atoms with Crippen molar-refractivity contribution in [3.8, 4) is 0 Å². The second-order valence-electron chi connectivity index (χ2n) is 4.10. The third-order valence-electron chi connectivity index (χ3n) is 3.25. The van der Waals surface area contributed by atoms with Gasteiger partial charge in [0.15, 0.2) is 0 Å². The van der Waals surface area contributed by atoms with Crippen molar-refractivity contribution in [1.29, 1.82) is 0 Å². The van der Waals surface area contributed by atoms with Gasteiger partial charge in [0.1, 0.15) is 0 Å². The Morgan fingerprint density at radius 2 is 1.67 bits per heavy atom. The summed E-state index contributed by atoms with van der Waals surface area (Å²) in [5.74, 6) is 2.05. The van der Waals surface area contributed by atoms with Crippen molar-refractivity contribution in [3.63, 3.8) is 0 Å². The Hall–Kier alpha value is -0.260. The molecule has 0 nitrogen and oxygen atoms in total. The lowest BCUT2D eigenvalue weighted by molar-refractivity contribution is 0.271. The van der Waals surface area contributed by atoms with Gasteiger partial charge in [-0.05, 0) is 38.0 Å². The van der Waals surface area contributed by atoms with Gasteiger partial charge in [-0.2, -0.15) is 0 Å². The van der Waals surface area contributed by atoms with Crippen LogP contribution in [0.5, 0.6) is 0 Å². The van der Waals surface area contributed by atoms with E-state index in [0.29, 0.717) is 0 Å². The lowest BCUT2D eigenvalue weighted by Crippen LogP contribution is -2.13. The van der Waals surface area contributed by atoms with Gasteiger partial charge in [-0.1, -0.05) is 38.3 Å². The van der Waals surface area contributed by atoms with E-state index in [1.165, 1.54) is 38.5 Å². The molecule has 0 aromatic heterocycles. The third-order valence-corrected chi connectivity index (χ3v) is 3.25. The van der Waals surface area contributed by atoms with E-state index in [1.807, 2.05) is 0 Å². The van der Waals surface area contributed by atoms with Crippen LogP contribution in [0, 0.1) is 11.8 Å². The largest absolute Gasteiger partial charge is 0.0917 e. The topological polar surface area (TPSA) is 0 Å². The third kappa shape index (κ3) is 3.00. The molecule has 0 N–H and O–H groups in total. The van der Waals surface area contributed by atoms with Crippen molar-refractivity contribution < 1.29 is 0 Å². The molecule has 0 heterocycles. The average molecular weight is 166 g/mol. The van der Waals surface area contributed by atoms with Crippen LogP contribution in [0.15, 0.2) is 12.2 Å². The summed E-state index contributed by atoms with van der Waals surface area (Å²) in [5, 5.41) is 0. The first-order valence-corrected chi connectivity index (χ1v) is 5.48. The summed E-state index contributed by atoms with van der Waals surface area (Å²) in [4.78, 5) is 0. The summed E-state index contributed by atoms with van der Waals surface area (Å²) in [6.07, 6.45) is 13.2. The molecule has 0 heteroatoms. The van der Waals surface area contributed by atoms with E-state index >= 15 is 0 Å². The fourth-order valence-electron chi connectivity index (χ4n) is 2.20. The number of rotatable bonds is 3. The Morgan fingerprint density at radius 3 is 2.17 bits per heavy atom. The molecule has 1 aliphatic carbocycles. The van der Waals surface area contributed by atoms with E-state index in [-0.39, 0.29) is 0 Å².